The lowest BCUT2D eigenvalue weighted by Gasteiger charge is -2.33. The summed E-state index contributed by atoms with van der Waals surface area (Å²) < 4.78 is 94.4. The van der Waals surface area contributed by atoms with Gasteiger partial charge in [0.1, 0.15) is 5.82 Å². The number of anilines is 1. The Morgan fingerprint density at radius 1 is 0.886 bits per heavy atom. The number of nitrogens with zero attached hydrogens (tertiary/aromatic N) is 4. The predicted molar refractivity (Wildman–Crippen MR) is 144 cm³/mol. The number of carboxylic acids is 1. The Bertz CT molecular complexity index is 1340. The third kappa shape index (κ3) is 7.42. The van der Waals surface area contributed by atoms with Gasteiger partial charge >= 0.3 is 24.4 Å². The van der Waals surface area contributed by atoms with Crippen LogP contribution in [-0.4, -0.2) is 90.6 Å². The molecule has 2 aliphatic rings. The Kier molecular flexibility index (Phi) is 9.47. The molecule has 15 heteroatoms. The number of urea groups is 1. The van der Waals surface area contributed by atoms with E-state index in [0.717, 1.165) is 7.05 Å². The molecular formula is C29H31F7N4O4. The highest BCUT2D eigenvalue weighted by Crippen LogP contribution is 2.39. The molecular weight excluding hydrogens is 601 g/mol. The second-order valence-electron chi connectivity index (χ2n) is 11.1. The van der Waals surface area contributed by atoms with Crippen molar-refractivity contribution in [2.24, 2.45) is 5.92 Å². The van der Waals surface area contributed by atoms with Crippen LogP contribution in [0.3, 0.4) is 0 Å². The molecule has 0 bridgehead atoms. The summed E-state index contributed by atoms with van der Waals surface area (Å²) in [7, 11) is 2.40. The molecule has 44 heavy (non-hydrogen) atoms. The van der Waals surface area contributed by atoms with E-state index >= 15 is 0 Å². The van der Waals surface area contributed by atoms with E-state index < -0.39 is 64.9 Å². The van der Waals surface area contributed by atoms with Crippen LogP contribution in [0, 0.1) is 11.7 Å². The number of carboxylic acid groups (broad SMARTS) is 1. The maximum Gasteiger partial charge on any atom is 0.416 e. The van der Waals surface area contributed by atoms with Gasteiger partial charge in [0.2, 0.25) is 5.91 Å². The van der Waals surface area contributed by atoms with E-state index in [1.54, 1.807) is 9.80 Å². The van der Waals surface area contributed by atoms with Crippen LogP contribution in [0.1, 0.15) is 35.4 Å². The van der Waals surface area contributed by atoms with Crippen molar-refractivity contribution in [2.75, 3.05) is 51.7 Å². The van der Waals surface area contributed by atoms with Crippen molar-refractivity contribution >= 4 is 23.6 Å². The number of carbonyl (C=O) groups excluding carboxylic acids is 2. The second-order valence-corrected chi connectivity index (χ2v) is 11.1. The van der Waals surface area contributed by atoms with Gasteiger partial charge in [-0.05, 0) is 61.8 Å². The number of aliphatic carboxylic acids is 1. The number of carbonyl (C=O) groups is 3. The normalized spacial score (nSPS) is 20.1. The molecule has 8 nitrogen and oxygen atoms in total. The van der Waals surface area contributed by atoms with Gasteiger partial charge in [-0.15, -0.1) is 0 Å². The van der Waals surface area contributed by atoms with Gasteiger partial charge in [-0.2, -0.15) is 26.3 Å². The molecule has 1 N–H and O–H groups in total. The van der Waals surface area contributed by atoms with Crippen molar-refractivity contribution in [1.82, 2.24) is 14.7 Å². The summed E-state index contributed by atoms with van der Waals surface area (Å²) in [5.41, 5.74) is -3.17. The van der Waals surface area contributed by atoms with E-state index in [0.29, 0.717) is 48.5 Å². The Morgan fingerprint density at radius 2 is 1.43 bits per heavy atom. The SMILES string of the molecule is CN(C(=O)N(C)[C@@H]1CN(C(=O)C2CCN(CC(=O)O)CC2)C[C@H]1c1ccc(F)cc1)c1cc(C(F)(F)F)cc(C(F)(F)F)c1. The number of likely N-dealkylation sites (N-methyl/N-ethyl adjacent to an activating group) is 1. The van der Waals surface area contributed by atoms with E-state index in [2.05, 4.69) is 0 Å². The van der Waals surface area contributed by atoms with Crippen molar-refractivity contribution < 1.29 is 50.2 Å². The third-order valence-electron chi connectivity index (χ3n) is 8.24. The lowest BCUT2D eigenvalue weighted by molar-refractivity contribution is -0.143. The predicted octanol–water partition coefficient (Wildman–Crippen LogP) is 5.14. The maximum atomic E-state index is 13.7. The molecule has 2 saturated heterocycles. The number of rotatable bonds is 6. The highest BCUT2D eigenvalue weighted by Gasteiger charge is 2.43. The van der Waals surface area contributed by atoms with Crippen molar-refractivity contribution in [2.45, 2.75) is 37.2 Å². The summed E-state index contributed by atoms with van der Waals surface area (Å²) in [4.78, 5) is 43.2. The largest absolute Gasteiger partial charge is 0.480 e. The fraction of sp³-hybridized carbons (Fsp3) is 0.483. The average Bonchev–Trinajstić information content (AvgIpc) is 3.40. The molecule has 0 radical (unpaired) electrons. The van der Waals surface area contributed by atoms with E-state index in [-0.39, 0.29) is 31.6 Å². The molecule has 2 heterocycles. The maximum absolute atomic E-state index is 13.7. The van der Waals surface area contributed by atoms with Crippen LogP contribution < -0.4 is 4.90 Å². The topological polar surface area (TPSA) is 84.4 Å². The minimum Gasteiger partial charge on any atom is -0.480 e. The number of alkyl halides is 6. The Balaban J connectivity index is 1.58. The number of halogens is 7. The molecule has 0 aliphatic carbocycles. The van der Waals surface area contributed by atoms with Crippen LogP contribution in [0.5, 0.6) is 0 Å². The summed E-state index contributed by atoms with van der Waals surface area (Å²) >= 11 is 0. The average molecular weight is 633 g/mol. The molecule has 2 aromatic carbocycles. The van der Waals surface area contributed by atoms with Gasteiger partial charge in [-0.3, -0.25) is 19.4 Å². The standard InChI is InChI=1S/C29H31F7N4O4/c1-37(22-12-19(28(31,32)33)11-20(13-22)29(34,35)36)27(44)38(2)24-15-40(14-23(24)17-3-5-21(30)6-4-17)26(43)18-7-9-39(10-8-18)16-25(41)42/h3-6,11-13,18,23-24H,7-10,14-16H2,1-2H3,(H,41,42)/t23-,24+/m0/s1. The van der Waals surface area contributed by atoms with Crippen LogP contribution in [-0.2, 0) is 21.9 Å². The molecule has 2 aromatic rings. The number of likely N-dealkylation sites (tertiary alicyclic amines) is 2. The van der Waals surface area contributed by atoms with Crippen LogP contribution in [0.15, 0.2) is 42.5 Å². The summed E-state index contributed by atoms with van der Waals surface area (Å²) in [6, 6.07) is 4.65. The van der Waals surface area contributed by atoms with Crippen LogP contribution in [0.2, 0.25) is 0 Å². The molecule has 2 aliphatic heterocycles. The minimum absolute atomic E-state index is 0.0166. The fourth-order valence-corrected chi connectivity index (χ4v) is 5.81. The highest BCUT2D eigenvalue weighted by molar-refractivity contribution is 5.92. The smallest absolute Gasteiger partial charge is 0.416 e. The van der Waals surface area contributed by atoms with Crippen molar-refractivity contribution in [3.8, 4) is 0 Å². The quantitative estimate of drug-likeness (QED) is 0.446. The van der Waals surface area contributed by atoms with Crippen molar-refractivity contribution in [1.29, 1.82) is 0 Å². The van der Waals surface area contributed by atoms with Crippen molar-refractivity contribution in [3.05, 3.63) is 65.0 Å². The molecule has 3 amide bonds. The third-order valence-corrected chi connectivity index (χ3v) is 8.24. The second kappa shape index (κ2) is 12.6. The zero-order chi connectivity index (χ0) is 32.6. The summed E-state index contributed by atoms with van der Waals surface area (Å²) in [5.74, 6) is -2.64. The Labute approximate surface area is 248 Å². The molecule has 2 atom stereocenters. The lowest BCUT2D eigenvalue weighted by Crippen LogP contribution is -2.48. The molecule has 0 aromatic heterocycles. The number of hydrogen-bond donors (Lipinski definition) is 1. The Morgan fingerprint density at radius 3 is 1.93 bits per heavy atom. The molecule has 4 rings (SSSR count). The van der Waals surface area contributed by atoms with Gasteiger partial charge in [-0.1, -0.05) is 12.1 Å². The van der Waals surface area contributed by atoms with E-state index in [4.69, 9.17) is 5.11 Å². The monoisotopic (exact) mass is 632 g/mol. The fourth-order valence-electron chi connectivity index (χ4n) is 5.81. The number of piperidine rings is 1. The first kappa shape index (κ1) is 33.0. The summed E-state index contributed by atoms with van der Waals surface area (Å²) in [6.45, 7) is 0.815. The molecule has 0 saturated carbocycles. The molecule has 0 spiro atoms. The number of hydrogen-bond acceptors (Lipinski definition) is 4. The summed E-state index contributed by atoms with van der Waals surface area (Å²) in [5, 5.41) is 9.03. The Hall–Kier alpha value is -3.88. The molecule has 240 valence electrons. The van der Waals surface area contributed by atoms with E-state index in [9.17, 15) is 45.1 Å². The zero-order valence-corrected chi connectivity index (χ0v) is 23.8. The first-order chi connectivity index (χ1) is 20.5. The van der Waals surface area contributed by atoms with Gasteiger partial charge in [0, 0.05) is 44.7 Å². The van der Waals surface area contributed by atoms with Gasteiger partial charge in [0.25, 0.3) is 0 Å². The molecule has 2 fully saturated rings. The van der Waals surface area contributed by atoms with Gasteiger partial charge in [0.15, 0.2) is 0 Å². The van der Waals surface area contributed by atoms with Gasteiger partial charge < -0.3 is 14.9 Å². The zero-order valence-electron chi connectivity index (χ0n) is 23.8. The van der Waals surface area contributed by atoms with Crippen LogP contribution in [0.25, 0.3) is 0 Å². The van der Waals surface area contributed by atoms with Crippen molar-refractivity contribution in [3.63, 3.8) is 0 Å². The van der Waals surface area contributed by atoms with Gasteiger partial charge in [0.05, 0.1) is 23.7 Å². The lowest BCUT2D eigenvalue weighted by atomic mass is 9.93. The number of amides is 3. The summed E-state index contributed by atoms with van der Waals surface area (Å²) in [6.07, 6.45) is -9.36. The molecule has 0 unspecified atom stereocenters. The van der Waals surface area contributed by atoms with Crippen LogP contribution >= 0.6 is 0 Å². The van der Waals surface area contributed by atoms with E-state index in [1.165, 1.54) is 36.2 Å². The highest BCUT2D eigenvalue weighted by atomic mass is 19.4. The number of benzene rings is 2. The van der Waals surface area contributed by atoms with E-state index in [1.807, 2.05) is 0 Å². The minimum atomic E-state index is -5.10. The van der Waals surface area contributed by atoms with Crippen LogP contribution in [0.4, 0.5) is 41.2 Å². The first-order valence-corrected chi connectivity index (χ1v) is 13.7. The van der Waals surface area contributed by atoms with Gasteiger partial charge in [-0.25, -0.2) is 9.18 Å². The first-order valence-electron chi connectivity index (χ1n) is 13.7.